The highest BCUT2D eigenvalue weighted by molar-refractivity contribution is 5.23. The van der Waals surface area contributed by atoms with Crippen molar-refractivity contribution in [3.63, 3.8) is 0 Å². The standard InChI is InChI=1S/C12H21N/c1-3-4-5-9-13-12-8-6-7-11(2)10-12/h10,13H,2-9H2,1H3. The van der Waals surface area contributed by atoms with E-state index in [1.165, 1.54) is 49.8 Å². The molecule has 1 heteroatoms. The third-order valence-corrected chi connectivity index (χ3v) is 2.45. The zero-order valence-electron chi connectivity index (χ0n) is 8.73. The number of unbranched alkanes of at least 4 members (excludes halogenated alkanes) is 2. The molecule has 0 saturated carbocycles. The molecule has 0 aliphatic heterocycles. The summed E-state index contributed by atoms with van der Waals surface area (Å²) in [6, 6.07) is 0. The van der Waals surface area contributed by atoms with Crippen LogP contribution in [0.3, 0.4) is 0 Å². The summed E-state index contributed by atoms with van der Waals surface area (Å²) >= 11 is 0. The first-order chi connectivity index (χ1) is 6.33. The molecule has 0 amide bonds. The molecule has 0 saturated heterocycles. The molecule has 1 nitrogen and oxygen atoms in total. The van der Waals surface area contributed by atoms with Crippen LogP contribution in [-0.4, -0.2) is 6.54 Å². The molecule has 13 heavy (non-hydrogen) atoms. The van der Waals surface area contributed by atoms with E-state index in [4.69, 9.17) is 0 Å². The minimum Gasteiger partial charge on any atom is -0.388 e. The zero-order chi connectivity index (χ0) is 9.52. The molecule has 74 valence electrons. The first-order valence-electron chi connectivity index (χ1n) is 5.45. The molecule has 0 fully saturated rings. The minimum absolute atomic E-state index is 1.13. The van der Waals surface area contributed by atoms with Gasteiger partial charge in [-0.3, -0.25) is 0 Å². The Morgan fingerprint density at radius 2 is 2.23 bits per heavy atom. The van der Waals surface area contributed by atoms with Crippen molar-refractivity contribution in [3.05, 3.63) is 23.9 Å². The van der Waals surface area contributed by atoms with Gasteiger partial charge in [0.1, 0.15) is 0 Å². The molecule has 0 aromatic carbocycles. The summed E-state index contributed by atoms with van der Waals surface area (Å²) in [5, 5.41) is 3.49. The summed E-state index contributed by atoms with van der Waals surface area (Å²) in [6.45, 7) is 7.36. The average molecular weight is 179 g/mol. The molecule has 0 aromatic heterocycles. The topological polar surface area (TPSA) is 12.0 Å². The molecule has 0 aromatic rings. The number of rotatable bonds is 5. The Hall–Kier alpha value is -0.720. The molecule has 0 heterocycles. The summed E-state index contributed by atoms with van der Waals surface area (Å²) < 4.78 is 0. The molecule has 0 radical (unpaired) electrons. The van der Waals surface area contributed by atoms with Crippen LogP contribution in [0.1, 0.15) is 45.4 Å². The Labute approximate surface area is 81.9 Å². The van der Waals surface area contributed by atoms with Gasteiger partial charge in [-0.05, 0) is 31.8 Å². The lowest BCUT2D eigenvalue weighted by molar-refractivity contribution is 0.632. The molecule has 1 rings (SSSR count). The fourth-order valence-corrected chi connectivity index (χ4v) is 1.66. The molecule has 0 bridgehead atoms. The second-order valence-electron chi connectivity index (χ2n) is 3.82. The van der Waals surface area contributed by atoms with E-state index in [0.29, 0.717) is 0 Å². The van der Waals surface area contributed by atoms with E-state index in [1.807, 2.05) is 0 Å². The van der Waals surface area contributed by atoms with E-state index < -0.39 is 0 Å². The minimum atomic E-state index is 1.13. The van der Waals surface area contributed by atoms with Crippen molar-refractivity contribution in [2.24, 2.45) is 0 Å². The second-order valence-corrected chi connectivity index (χ2v) is 3.82. The fraction of sp³-hybridized carbons (Fsp3) is 0.667. The van der Waals surface area contributed by atoms with Crippen molar-refractivity contribution < 1.29 is 0 Å². The van der Waals surface area contributed by atoms with E-state index >= 15 is 0 Å². The molecular weight excluding hydrogens is 158 g/mol. The van der Waals surface area contributed by atoms with Gasteiger partial charge >= 0.3 is 0 Å². The quantitative estimate of drug-likeness (QED) is 0.638. The van der Waals surface area contributed by atoms with Gasteiger partial charge in [0.05, 0.1) is 0 Å². The van der Waals surface area contributed by atoms with Crippen molar-refractivity contribution >= 4 is 0 Å². The van der Waals surface area contributed by atoms with Crippen LogP contribution in [0.5, 0.6) is 0 Å². The lowest BCUT2D eigenvalue weighted by atomic mass is 10.0. The summed E-state index contributed by atoms with van der Waals surface area (Å²) in [4.78, 5) is 0. The van der Waals surface area contributed by atoms with Gasteiger partial charge in [0.25, 0.3) is 0 Å². The van der Waals surface area contributed by atoms with Crippen LogP contribution in [0.25, 0.3) is 0 Å². The number of nitrogens with one attached hydrogen (secondary N) is 1. The third-order valence-electron chi connectivity index (χ3n) is 2.45. The van der Waals surface area contributed by atoms with Crippen LogP contribution >= 0.6 is 0 Å². The summed E-state index contributed by atoms with van der Waals surface area (Å²) in [6.07, 6.45) is 9.81. The first-order valence-corrected chi connectivity index (χ1v) is 5.45. The summed E-state index contributed by atoms with van der Waals surface area (Å²) in [5.74, 6) is 0. The summed E-state index contributed by atoms with van der Waals surface area (Å²) in [5.41, 5.74) is 2.68. The Balaban J connectivity index is 2.16. The molecule has 1 N–H and O–H groups in total. The second kappa shape index (κ2) is 5.85. The lowest BCUT2D eigenvalue weighted by Crippen LogP contribution is -2.16. The van der Waals surface area contributed by atoms with Gasteiger partial charge in [-0.15, -0.1) is 0 Å². The average Bonchev–Trinajstić information content (AvgIpc) is 2.13. The van der Waals surface area contributed by atoms with Crippen LogP contribution in [0.4, 0.5) is 0 Å². The molecular formula is C12H21N. The number of hydrogen-bond acceptors (Lipinski definition) is 1. The maximum Gasteiger partial charge on any atom is 0.0143 e. The maximum absolute atomic E-state index is 3.99. The Morgan fingerprint density at radius 1 is 1.38 bits per heavy atom. The predicted molar refractivity (Wildman–Crippen MR) is 58.6 cm³/mol. The molecule has 1 aliphatic carbocycles. The van der Waals surface area contributed by atoms with Crippen molar-refractivity contribution in [1.82, 2.24) is 5.32 Å². The van der Waals surface area contributed by atoms with Crippen LogP contribution in [0.15, 0.2) is 23.9 Å². The number of hydrogen-bond donors (Lipinski definition) is 1. The third kappa shape index (κ3) is 4.16. The highest BCUT2D eigenvalue weighted by Gasteiger charge is 2.04. The number of allylic oxidation sites excluding steroid dienone is 3. The Kier molecular flexibility index (Phi) is 4.66. The van der Waals surface area contributed by atoms with Crippen LogP contribution in [-0.2, 0) is 0 Å². The van der Waals surface area contributed by atoms with Crippen LogP contribution < -0.4 is 5.32 Å². The highest BCUT2D eigenvalue weighted by Crippen LogP contribution is 2.18. The Morgan fingerprint density at radius 3 is 2.92 bits per heavy atom. The van der Waals surface area contributed by atoms with Gasteiger partial charge < -0.3 is 5.32 Å². The monoisotopic (exact) mass is 179 g/mol. The SMILES string of the molecule is C=C1C=C(NCCCCC)CCC1. The normalized spacial score (nSPS) is 17.0. The van der Waals surface area contributed by atoms with E-state index in [-0.39, 0.29) is 0 Å². The maximum atomic E-state index is 3.99. The van der Waals surface area contributed by atoms with E-state index in [9.17, 15) is 0 Å². The Bertz CT molecular complexity index is 191. The van der Waals surface area contributed by atoms with E-state index in [2.05, 4.69) is 24.9 Å². The van der Waals surface area contributed by atoms with Gasteiger partial charge in [-0.2, -0.15) is 0 Å². The van der Waals surface area contributed by atoms with Gasteiger partial charge in [-0.25, -0.2) is 0 Å². The molecule has 0 unspecified atom stereocenters. The van der Waals surface area contributed by atoms with Gasteiger partial charge in [0, 0.05) is 12.2 Å². The largest absolute Gasteiger partial charge is 0.388 e. The van der Waals surface area contributed by atoms with Gasteiger partial charge in [0.2, 0.25) is 0 Å². The van der Waals surface area contributed by atoms with E-state index in [0.717, 1.165) is 6.54 Å². The van der Waals surface area contributed by atoms with Crippen molar-refractivity contribution in [2.45, 2.75) is 45.4 Å². The summed E-state index contributed by atoms with van der Waals surface area (Å²) in [7, 11) is 0. The van der Waals surface area contributed by atoms with Gasteiger partial charge in [-0.1, -0.05) is 31.9 Å². The van der Waals surface area contributed by atoms with Crippen molar-refractivity contribution in [3.8, 4) is 0 Å². The van der Waals surface area contributed by atoms with Gasteiger partial charge in [0.15, 0.2) is 0 Å². The molecule has 0 spiro atoms. The van der Waals surface area contributed by atoms with Crippen LogP contribution in [0, 0.1) is 0 Å². The predicted octanol–water partition coefficient (Wildman–Crippen LogP) is 3.39. The zero-order valence-corrected chi connectivity index (χ0v) is 8.73. The van der Waals surface area contributed by atoms with E-state index in [1.54, 1.807) is 0 Å². The van der Waals surface area contributed by atoms with Crippen molar-refractivity contribution in [2.75, 3.05) is 6.54 Å². The smallest absolute Gasteiger partial charge is 0.0143 e. The molecule has 0 atom stereocenters. The molecule has 1 aliphatic rings. The fourth-order valence-electron chi connectivity index (χ4n) is 1.66. The first kappa shape index (κ1) is 10.4. The lowest BCUT2D eigenvalue weighted by Gasteiger charge is -2.16. The van der Waals surface area contributed by atoms with Crippen LogP contribution in [0.2, 0.25) is 0 Å². The van der Waals surface area contributed by atoms with Crippen molar-refractivity contribution in [1.29, 1.82) is 0 Å². The highest BCUT2D eigenvalue weighted by atomic mass is 14.9.